The van der Waals surface area contributed by atoms with Crippen molar-refractivity contribution in [3.05, 3.63) is 0 Å². The molecule has 0 aliphatic heterocycles. The van der Waals surface area contributed by atoms with Crippen molar-refractivity contribution in [1.29, 1.82) is 0 Å². The van der Waals surface area contributed by atoms with Crippen molar-refractivity contribution >= 4 is 11.8 Å². The van der Waals surface area contributed by atoms with Gasteiger partial charge in [0.1, 0.15) is 0 Å². The standard InChI is InChI=1S/C9H20S/c1-5-7-8-9(3,4)10-6-2/h5-8H2,1-4H3. The first kappa shape index (κ1) is 10.3. The minimum atomic E-state index is 0.519. The largest absolute Gasteiger partial charge is 0.156 e. The highest BCUT2D eigenvalue weighted by Gasteiger charge is 2.15. The van der Waals surface area contributed by atoms with E-state index in [-0.39, 0.29) is 0 Å². The smallest absolute Gasteiger partial charge is 0.0103 e. The van der Waals surface area contributed by atoms with E-state index in [9.17, 15) is 0 Å². The van der Waals surface area contributed by atoms with Gasteiger partial charge in [-0.1, -0.05) is 40.5 Å². The zero-order chi connectivity index (χ0) is 8.04. The maximum atomic E-state index is 2.34. The summed E-state index contributed by atoms with van der Waals surface area (Å²) in [6.45, 7) is 9.18. The lowest BCUT2D eigenvalue weighted by atomic mass is 10.1. The Labute approximate surface area is 69.8 Å². The second-order valence-corrected chi connectivity index (χ2v) is 5.27. The molecular formula is C9H20S. The van der Waals surface area contributed by atoms with Crippen molar-refractivity contribution in [2.75, 3.05) is 5.75 Å². The van der Waals surface area contributed by atoms with Crippen LogP contribution in [0.1, 0.15) is 47.0 Å². The van der Waals surface area contributed by atoms with E-state index in [0.717, 1.165) is 0 Å². The third-order valence-electron chi connectivity index (χ3n) is 1.67. The van der Waals surface area contributed by atoms with Crippen LogP contribution < -0.4 is 0 Å². The number of rotatable bonds is 5. The zero-order valence-electron chi connectivity index (χ0n) is 7.74. The van der Waals surface area contributed by atoms with Crippen LogP contribution in [0.4, 0.5) is 0 Å². The van der Waals surface area contributed by atoms with Crippen LogP contribution in [0.5, 0.6) is 0 Å². The fraction of sp³-hybridized carbons (Fsp3) is 1.00. The van der Waals surface area contributed by atoms with Gasteiger partial charge < -0.3 is 0 Å². The Morgan fingerprint density at radius 3 is 2.20 bits per heavy atom. The predicted molar refractivity (Wildman–Crippen MR) is 51.7 cm³/mol. The molecule has 10 heavy (non-hydrogen) atoms. The molecule has 0 amide bonds. The fourth-order valence-electron chi connectivity index (χ4n) is 1.07. The molecule has 0 aromatic rings. The average molecular weight is 160 g/mol. The highest BCUT2D eigenvalue weighted by atomic mass is 32.2. The minimum Gasteiger partial charge on any atom is -0.156 e. The van der Waals surface area contributed by atoms with Gasteiger partial charge in [-0.25, -0.2) is 0 Å². The lowest BCUT2D eigenvalue weighted by molar-refractivity contribution is 0.594. The van der Waals surface area contributed by atoms with Crippen molar-refractivity contribution in [3.63, 3.8) is 0 Å². The van der Waals surface area contributed by atoms with Gasteiger partial charge in [0.2, 0.25) is 0 Å². The van der Waals surface area contributed by atoms with Gasteiger partial charge in [-0.15, -0.1) is 0 Å². The van der Waals surface area contributed by atoms with Crippen molar-refractivity contribution < 1.29 is 0 Å². The molecule has 0 spiro atoms. The van der Waals surface area contributed by atoms with Gasteiger partial charge in [0.25, 0.3) is 0 Å². The molecule has 0 bridgehead atoms. The Morgan fingerprint density at radius 1 is 1.20 bits per heavy atom. The molecule has 0 fully saturated rings. The SMILES string of the molecule is CCCCC(C)(C)SCC. The Hall–Kier alpha value is 0.350. The van der Waals surface area contributed by atoms with Crippen LogP contribution in [0.3, 0.4) is 0 Å². The zero-order valence-corrected chi connectivity index (χ0v) is 8.55. The van der Waals surface area contributed by atoms with Gasteiger partial charge in [-0.05, 0) is 12.2 Å². The van der Waals surface area contributed by atoms with Crippen molar-refractivity contribution in [2.45, 2.75) is 51.7 Å². The molecule has 0 aliphatic carbocycles. The summed E-state index contributed by atoms with van der Waals surface area (Å²) in [5.74, 6) is 1.25. The van der Waals surface area contributed by atoms with Crippen LogP contribution in [0.15, 0.2) is 0 Å². The summed E-state index contributed by atoms with van der Waals surface area (Å²) in [6, 6.07) is 0. The first-order valence-electron chi connectivity index (χ1n) is 4.26. The Bertz CT molecular complexity index is 76.8. The van der Waals surface area contributed by atoms with E-state index in [4.69, 9.17) is 0 Å². The Morgan fingerprint density at radius 2 is 1.80 bits per heavy atom. The summed E-state index contributed by atoms with van der Waals surface area (Å²) in [5.41, 5.74) is 0. The number of unbranched alkanes of at least 4 members (excludes halogenated alkanes) is 1. The lowest BCUT2D eigenvalue weighted by Gasteiger charge is -2.22. The second kappa shape index (κ2) is 5.06. The number of thioether (sulfide) groups is 1. The summed E-state index contributed by atoms with van der Waals surface area (Å²) in [6.07, 6.45) is 4.07. The van der Waals surface area contributed by atoms with Crippen LogP contribution in [-0.2, 0) is 0 Å². The molecule has 0 heterocycles. The first-order valence-corrected chi connectivity index (χ1v) is 5.25. The summed E-state index contributed by atoms with van der Waals surface area (Å²) in [4.78, 5) is 0. The van der Waals surface area contributed by atoms with Crippen molar-refractivity contribution in [2.24, 2.45) is 0 Å². The minimum absolute atomic E-state index is 0.519. The summed E-state index contributed by atoms with van der Waals surface area (Å²) in [7, 11) is 0. The van der Waals surface area contributed by atoms with E-state index >= 15 is 0 Å². The molecule has 62 valence electrons. The van der Waals surface area contributed by atoms with Crippen LogP contribution in [0, 0.1) is 0 Å². The van der Waals surface area contributed by atoms with Crippen LogP contribution in [-0.4, -0.2) is 10.5 Å². The number of hydrogen-bond donors (Lipinski definition) is 0. The molecule has 1 heteroatoms. The maximum Gasteiger partial charge on any atom is 0.0103 e. The molecule has 0 atom stereocenters. The van der Waals surface area contributed by atoms with Gasteiger partial charge in [-0.2, -0.15) is 11.8 Å². The number of hydrogen-bond acceptors (Lipinski definition) is 1. The summed E-state index contributed by atoms with van der Waals surface area (Å²) < 4.78 is 0.519. The highest BCUT2D eigenvalue weighted by molar-refractivity contribution is 8.00. The molecule has 0 N–H and O–H groups in total. The Balaban J connectivity index is 3.42. The third kappa shape index (κ3) is 5.16. The fourth-order valence-corrected chi connectivity index (χ4v) is 2.14. The quantitative estimate of drug-likeness (QED) is 0.591. The maximum absolute atomic E-state index is 2.34. The highest BCUT2D eigenvalue weighted by Crippen LogP contribution is 2.29. The molecule has 0 rings (SSSR count). The molecule has 0 saturated carbocycles. The predicted octanol–water partition coefficient (Wildman–Crippen LogP) is 3.71. The molecule has 0 saturated heterocycles. The monoisotopic (exact) mass is 160 g/mol. The van der Waals surface area contributed by atoms with Crippen LogP contribution >= 0.6 is 11.8 Å². The molecule has 0 aliphatic rings. The van der Waals surface area contributed by atoms with Gasteiger partial charge in [0, 0.05) is 4.75 Å². The van der Waals surface area contributed by atoms with Gasteiger partial charge in [0.15, 0.2) is 0 Å². The van der Waals surface area contributed by atoms with Gasteiger partial charge >= 0.3 is 0 Å². The van der Waals surface area contributed by atoms with E-state index in [1.807, 2.05) is 0 Å². The average Bonchev–Trinajstić information content (AvgIpc) is 1.84. The third-order valence-corrected chi connectivity index (χ3v) is 2.94. The van der Waals surface area contributed by atoms with Crippen molar-refractivity contribution in [1.82, 2.24) is 0 Å². The second-order valence-electron chi connectivity index (χ2n) is 3.30. The normalized spacial score (nSPS) is 12.0. The van der Waals surface area contributed by atoms with E-state index in [0.29, 0.717) is 4.75 Å². The van der Waals surface area contributed by atoms with E-state index in [2.05, 4.69) is 39.5 Å². The van der Waals surface area contributed by atoms with E-state index < -0.39 is 0 Å². The molecule has 0 nitrogen and oxygen atoms in total. The van der Waals surface area contributed by atoms with Crippen LogP contribution in [0.2, 0.25) is 0 Å². The Kier molecular flexibility index (Phi) is 5.24. The lowest BCUT2D eigenvalue weighted by Crippen LogP contribution is -2.14. The molecule has 0 aromatic carbocycles. The summed E-state index contributed by atoms with van der Waals surface area (Å²) >= 11 is 2.07. The molecule has 0 aromatic heterocycles. The van der Waals surface area contributed by atoms with Crippen LogP contribution in [0.25, 0.3) is 0 Å². The van der Waals surface area contributed by atoms with E-state index in [1.54, 1.807) is 0 Å². The molecule has 0 unspecified atom stereocenters. The van der Waals surface area contributed by atoms with E-state index in [1.165, 1.54) is 25.0 Å². The first-order chi connectivity index (χ1) is 4.62. The van der Waals surface area contributed by atoms with Crippen molar-refractivity contribution in [3.8, 4) is 0 Å². The van der Waals surface area contributed by atoms with Gasteiger partial charge in [0.05, 0.1) is 0 Å². The molecule has 0 radical (unpaired) electrons. The van der Waals surface area contributed by atoms with Gasteiger partial charge in [-0.3, -0.25) is 0 Å². The molecular weight excluding hydrogens is 140 g/mol. The summed E-state index contributed by atoms with van der Waals surface area (Å²) in [5, 5.41) is 0. The topological polar surface area (TPSA) is 0 Å².